The van der Waals surface area contributed by atoms with Crippen LogP contribution in [0.4, 0.5) is 0 Å². The molecule has 2 heterocycles. The van der Waals surface area contributed by atoms with E-state index in [1.807, 2.05) is 49.6 Å². The zero-order valence-electron chi connectivity index (χ0n) is 19.0. The van der Waals surface area contributed by atoms with Crippen molar-refractivity contribution in [2.24, 2.45) is 5.10 Å². The number of fused-ring (bicyclic) bond motifs is 1. The maximum Gasteiger partial charge on any atom is 0.263 e. The lowest BCUT2D eigenvalue weighted by Gasteiger charge is -2.13. The number of hydrazone groups is 1. The molecule has 8 nitrogen and oxygen atoms in total. The second kappa shape index (κ2) is 10.3. The Labute approximate surface area is 200 Å². The van der Waals surface area contributed by atoms with Crippen LogP contribution in [0.1, 0.15) is 19.4 Å². The van der Waals surface area contributed by atoms with Gasteiger partial charge in [0, 0.05) is 10.9 Å². The van der Waals surface area contributed by atoms with Crippen molar-refractivity contribution < 1.29 is 14.3 Å². The molecule has 1 amide bonds. The Hall–Kier alpha value is -3.98. The Morgan fingerprint density at radius 2 is 2.00 bits per heavy atom. The molecule has 0 spiro atoms. The zero-order valence-corrected chi connectivity index (χ0v) is 19.8. The van der Waals surface area contributed by atoms with Gasteiger partial charge in [-0.25, -0.2) is 10.4 Å². The lowest BCUT2D eigenvalue weighted by atomic mass is 10.1. The zero-order chi connectivity index (χ0) is 24.1. The number of aromatic nitrogens is 2. The first-order chi connectivity index (χ1) is 16.5. The summed E-state index contributed by atoms with van der Waals surface area (Å²) in [6, 6.07) is 15.0. The average molecular weight is 477 g/mol. The smallest absolute Gasteiger partial charge is 0.263 e. The third-order valence-electron chi connectivity index (χ3n) is 4.91. The first kappa shape index (κ1) is 23.2. The molecule has 0 saturated heterocycles. The van der Waals surface area contributed by atoms with Crippen molar-refractivity contribution >= 4 is 33.7 Å². The Balaban J connectivity index is 1.47. The van der Waals surface area contributed by atoms with Crippen LogP contribution in [-0.2, 0) is 11.3 Å². The highest BCUT2D eigenvalue weighted by atomic mass is 32.1. The molecule has 0 aliphatic heterocycles. The first-order valence-corrected chi connectivity index (χ1v) is 11.5. The predicted molar refractivity (Wildman–Crippen MR) is 134 cm³/mol. The molecule has 0 radical (unpaired) electrons. The van der Waals surface area contributed by atoms with Gasteiger partial charge in [0.15, 0.2) is 11.5 Å². The van der Waals surface area contributed by atoms with Crippen LogP contribution in [-0.4, -0.2) is 34.9 Å². The van der Waals surface area contributed by atoms with Gasteiger partial charge in [-0.3, -0.25) is 14.2 Å². The Morgan fingerprint density at radius 1 is 1.21 bits per heavy atom. The number of hydrogen-bond acceptors (Lipinski definition) is 7. The van der Waals surface area contributed by atoms with E-state index in [-0.39, 0.29) is 18.2 Å². The quantitative estimate of drug-likeness (QED) is 0.306. The van der Waals surface area contributed by atoms with E-state index >= 15 is 0 Å². The van der Waals surface area contributed by atoms with Gasteiger partial charge in [0.1, 0.15) is 11.4 Å². The largest absolute Gasteiger partial charge is 0.493 e. The van der Waals surface area contributed by atoms with E-state index < -0.39 is 5.91 Å². The monoisotopic (exact) mass is 476 g/mol. The number of carbonyl (C=O) groups excluding carboxylic acids is 1. The Morgan fingerprint density at radius 3 is 2.74 bits per heavy atom. The van der Waals surface area contributed by atoms with Crippen molar-refractivity contribution in [3.05, 3.63) is 76.2 Å². The van der Waals surface area contributed by atoms with Gasteiger partial charge in [-0.15, -0.1) is 11.3 Å². The summed E-state index contributed by atoms with van der Waals surface area (Å²) in [6.45, 7) is 3.67. The van der Waals surface area contributed by atoms with Gasteiger partial charge >= 0.3 is 0 Å². The van der Waals surface area contributed by atoms with Crippen LogP contribution in [0.5, 0.6) is 11.5 Å². The number of amides is 1. The first-order valence-electron chi connectivity index (χ1n) is 10.6. The third-order valence-corrected chi connectivity index (χ3v) is 5.80. The second-order valence-corrected chi connectivity index (χ2v) is 8.60. The minimum Gasteiger partial charge on any atom is -0.493 e. The summed E-state index contributed by atoms with van der Waals surface area (Å²) in [5.41, 5.74) is 4.65. The topological polar surface area (TPSA) is 94.8 Å². The van der Waals surface area contributed by atoms with E-state index in [1.165, 1.54) is 28.4 Å². The molecular formula is C25H24N4O4S. The van der Waals surface area contributed by atoms with E-state index in [2.05, 4.69) is 15.5 Å². The minimum absolute atomic E-state index is 0.0164. The molecule has 34 heavy (non-hydrogen) atoms. The molecule has 2 aromatic carbocycles. The van der Waals surface area contributed by atoms with Gasteiger partial charge in [0.05, 0.1) is 31.1 Å². The van der Waals surface area contributed by atoms with E-state index in [1.54, 1.807) is 25.3 Å². The summed E-state index contributed by atoms with van der Waals surface area (Å²) in [5, 5.41) is 6.41. The molecule has 0 bridgehead atoms. The number of nitrogens with one attached hydrogen (secondary N) is 1. The summed E-state index contributed by atoms with van der Waals surface area (Å²) in [5.74, 6) is 0.756. The minimum atomic E-state index is -0.442. The van der Waals surface area contributed by atoms with Crippen LogP contribution >= 0.6 is 11.3 Å². The van der Waals surface area contributed by atoms with E-state index in [4.69, 9.17) is 9.47 Å². The molecule has 2 aromatic heterocycles. The Bertz CT molecular complexity index is 1390. The predicted octanol–water partition coefficient (Wildman–Crippen LogP) is 4.07. The van der Waals surface area contributed by atoms with Gasteiger partial charge in [-0.05, 0) is 43.2 Å². The number of carbonyl (C=O) groups is 1. The maximum absolute atomic E-state index is 13.1. The van der Waals surface area contributed by atoms with Crippen LogP contribution < -0.4 is 20.5 Å². The van der Waals surface area contributed by atoms with Crippen LogP contribution in [0.15, 0.2) is 70.1 Å². The van der Waals surface area contributed by atoms with Gasteiger partial charge in [-0.2, -0.15) is 5.10 Å². The molecule has 4 aromatic rings. The van der Waals surface area contributed by atoms with E-state index in [0.717, 1.165) is 16.7 Å². The van der Waals surface area contributed by atoms with Crippen LogP contribution in [0.3, 0.4) is 0 Å². The lowest BCUT2D eigenvalue weighted by Crippen LogP contribution is -2.30. The summed E-state index contributed by atoms with van der Waals surface area (Å²) in [7, 11) is 1.56. The van der Waals surface area contributed by atoms with Gasteiger partial charge < -0.3 is 9.47 Å². The van der Waals surface area contributed by atoms with Crippen molar-refractivity contribution in [3.8, 4) is 22.6 Å². The van der Waals surface area contributed by atoms with Crippen LogP contribution in [0.2, 0.25) is 0 Å². The highest BCUT2D eigenvalue weighted by Crippen LogP contribution is 2.30. The molecule has 4 rings (SSSR count). The van der Waals surface area contributed by atoms with Crippen molar-refractivity contribution in [1.29, 1.82) is 0 Å². The number of benzene rings is 2. The fraction of sp³-hybridized carbons (Fsp3) is 0.200. The average Bonchev–Trinajstić information content (AvgIpc) is 3.27. The van der Waals surface area contributed by atoms with Gasteiger partial charge in [-0.1, -0.05) is 30.3 Å². The summed E-state index contributed by atoms with van der Waals surface area (Å²) in [4.78, 5) is 30.5. The maximum atomic E-state index is 13.1. The molecule has 0 aliphatic rings. The molecule has 0 unspecified atom stereocenters. The fourth-order valence-corrected chi connectivity index (χ4v) is 4.30. The van der Waals surface area contributed by atoms with Crippen molar-refractivity contribution in [3.63, 3.8) is 0 Å². The lowest BCUT2D eigenvalue weighted by molar-refractivity contribution is -0.121. The van der Waals surface area contributed by atoms with Crippen molar-refractivity contribution in [2.45, 2.75) is 26.5 Å². The number of thiophene rings is 1. The normalized spacial score (nSPS) is 11.3. The van der Waals surface area contributed by atoms with Crippen molar-refractivity contribution in [2.75, 3.05) is 7.11 Å². The highest BCUT2D eigenvalue weighted by Gasteiger charge is 2.14. The number of methoxy groups -OCH3 is 1. The van der Waals surface area contributed by atoms with Gasteiger partial charge in [0.25, 0.3) is 11.5 Å². The molecular weight excluding hydrogens is 452 g/mol. The summed E-state index contributed by atoms with van der Waals surface area (Å²) < 4.78 is 12.3. The standard InChI is InChI=1S/C25H24N4O4S/c1-16(2)33-20-10-9-17(11-21(20)32-3)12-27-28-22(30)13-29-15-26-24-23(25(29)31)19(14-34-24)18-7-5-4-6-8-18/h4-12,14-16H,13H2,1-3H3,(H,28,30). The van der Waals surface area contributed by atoms with Crippen molar-refractivity contribution in [1.82, 2.24) is 15.0 Å². The second-order valence-electron chi connectivity index (χ2n) is 7.74. The van der Waals surface area contributed by atoms with Crippen LogP contribution in [0, 0.1) is 0 Å². The van der Waals surface area contributed by atoms with E-state index in [0.29, 0.717) is 21.7 Å². The molecule has 9 heteroatoms. The third kappa shape index (κ3) is 5.15. The number of ether oxygens (including phenoxy) is 2. The number of hydrogen-bond donors (Lipinski definition) is 1. The molecule has 174 valence electrons. The molecule has 0 aliphatic carbocycles. The number of rotatable bonds is 8. The molecule has 0 fully saturated rings. The number of nitrogens with zero attached hydrogens (tertiary/aromatic N) is 3. The fourth-order valence-electron chi connectivity index (χ4n) is 3.40. The van der Waals surface area contributed by atoms with Crippen LogP contribution in [0.25, 0.3) is 21.3 Å². The summed E-state index contributed by atoms with van der Waals surface area (Å²) >= 11 is 1.40. The summed E-state index contributed by atoms with van der Waals surface area (Å²) in [6.07, 6.45) is 2.90. The SMILES string of the molecule is COc1cc(C=NNC(=O)Cn2cnc3scc(-c4ccccc4)c3c2=O)ccc1OC(C)C. The Kier molecular flexibility index (Phi) is 7.03. The molecule has 0 saturated carbocycles. The van der Waals surface area contributed by atoms with E-state index in [9.17, 15) is 9.59 Å². The molecule has 0 atom stereocenters. The van der Waals surface area contributed by atoms with Gasteiger partial charge in [0.2, 0.25) is 0 Å². The molecule has 1 N–H and O–H groups in total. The highest BCUT2D eigenvalue weighted by molar-refractivity contribution is 7.17.